The van der Waals surface area contributed by atoms with E-state index < -0.39 is 0 Å². The molecule has 1 amide bonds. The Bertz CT molecular complexity index is 2050. The molecule has 3 fully saturated rings. The molecule has 44 heavy (non-hydrogen) atoms. The van der Waals surface area contributed by atoms with Crippen molar-refractivity contribution in [2.75, 3.05) is 13.7 Å². The van der Waals surface area contributed by atoms with Gasteiger partial charge in [-0.1, -0.05) is 6.92 Å². The van der Waals surface area contributed by atoms with Crippen molar-refractivity contribution in [2.45, 2.75) is 52.1 Å². The molecule has 226 valence electrons. The molecule has 3 aliphatic rings. The summed E-state index contributed by atoms with van der Waals surface area (Å²) < 4.78 is 11.9. The van der Waals surface area contributed by atoms with Crippen molar-refractivity contribution in [1.29, 1.82) is 0 Å². The lowest BCUT2D eigenvalue weighted by molar-refractivity contribution is 0.0696. The second kappa shape index (κ2) is 9.81. The van der Waals surface area contributed by atoms with Crippen molar-refractivity contribution < 1.29 is 9.53 Å². The fraction of sp³-hybridized carbons (Fsp3) is 0.429. The van der Waals surface area contributed by atoms with E-state index in [0.717, 1.165) is 69.9 Å². The molecule has 3 atom stereocenters. The number of likely N-dealkylation sites (tertiary alicyclic amines) is 1. The molecule has 1 saturated heterocycles. The van der Waals surface area contributed by atoms with Gasteiger partial charge in [0.1, 0.15) is 16.9 Å². The van der Waals surface area contributed by atoms with Crippen LogP contribution >= 0.6 is 0 Å². The lowest BCUT2D eigenvalue weighted by atomic mass is 10.0. The average Bonchev–Trinajstić information content (AvgIpc) is 3.42. The number of amides is 1. The van der Waals surface area contributed by atoms with Gasteiger partial charge in [-0.05, 0) is 86.3 Å². The van der Waals surface area contributed by atoms with Gasteiger partial charge in [0.15, 0.2) is 5.82 Å². The first-order valence-corrected chi connectivity index (χ1v) is 15.8. The summed E-state index contributed by atoms with van der Waals surface area (Å²) in [5, 5.41) is 1.04. The molecule has 2 aliphatic carbocycles. The maximum atomic E-state index is 13.8. The van der Waals surface area contributed by atoms with Crippen LogP contribution in [0.5, 0.6) is 5.75 Å². The normalized spacial score (nSPS) is 21.2. The molecule has 0 radical (unpaired) electrons. The number of hydrogen-bond donors (Lipinski definition) is 0. The van der Waals surface area contributed by atoms with E-state index >= 15 is 0 Å². The number of carbonyl (C=O) groups is 1. The minimum atomic E-state index is -0.0314. The van der Waals surface area contributed by atoms with Crippen molar-refractivity contribution in [3.8, 4) is 28.5 Å². The number of piperidine rings is 1. The van der Waals surface area contributed by atoms with Crippen LogP contribution in [0.2, 0.25) is 0 Å². The molecule has 2 unspecified atom stereocenters. The molecular weight excluding hydrogens is 552 g/mol. The minimum Gasteiger partial charge on any atom is -0.494 e. The zero-order valence-corrected chi connectivity index (χ0v) is 26.0. The van der Waals surface area contributed by atoms with E-state index in [-0.39, 0.29) is 11.5 Å². The number of benzene rings is 1. The van der Waals surface area contributed by atoms with E-state index in [1.165, 1.54) is 19.3 Å². The van der Waals surface area contributed by atoms with Crippen molar-refractivity contribution in [2.24, 2.45) is 31.8 Å². The van der Waals surface area contributed by atoms with Crippen LogP contribution in [0, 0.1) is 24.7 Å². The Morgan fingerprint density at radius 2 is 1.86 bits per heavy atom. The average molecular weight is 591 g/mol. The summed E-state index contributed by atoms with van der Waals surface area (Å²) in [7, 11) is 5.44. The van der Waals surface area contributed by atoms with E-state index in [2.05, 4.69) is 33.1 Å². The molecule has 9 heteroatoms. The van der Waals surface area contributed by atoms with Crippen LogP contribution in [0.3, 0.4) is 0 Å². The molecule has 2 bridgehead atoms. The van der Waals surface area contributed by atoms with Gasteiger partial charge in [0, 0.05) is 62.0 Å². The molecule has 4 aromatic heterocycles. The molecule has 0 N–H and O–H groups in total. The van der Waals surface area contributed by atoms with Gasteiger partial charge in [-0.3, -0.25) is 9.59 Å². The molecule has 2 saturated carbocycles. The summed E-state index contributed by atoms with van der Waals surface area (Å²) in [5.74, 6) is 3.32. The Kier molecular flexibility index (Phi) is 6.06. The maximum absolute atomic E-state index is 13.8. The number of hydrogen-bond acceptors (Lipinski definition) is 5. The molecule has 9 nitrogen and oxygen atoms in total. The van der Waals surface area contributed by atoms with E-state index in [9.17, 15) is 9.59 Å². The van der Waals surface area contributed by atoms with Gasteiger partial charge < -0.3 is 23.3 Å². The Morgan fingerprint density at radius 1 is 1.05 bits per heavy atom. The third-order valence-corrected chi connectivity index (χ3v) is 10.5. The van der Waals surface area contributed by atoms with Crippen molar-refractivity contribution in [3.05, 3.63) is 64.1 Å². The van der Waals surface area contributed by atoms with Gasteiger partial charge in [0.2, 0.25) is 0 Å². The molecule has 0 spiro atoms. The predicted octanol–water partition coefficient (Wildman–Crippen LogP) is 5.55. The largest absolute Gasteiger partial charge is 0.494 e. The SMILES string of the molecule is COc1cc(C(=O)N2CC3CCC2[C@@H]3C)cc2nc(-c3cc4ccc(-c5cn(C)c(=O)cc5C)nc4n3CC3CC3)n(C)c12. The van der Waals surface area contributed by atoms with Crippen LogP contribution < -0.4 is 10.3 Å². The second-order valence-corrected chi connectivity index (χ2v) is 13.3. The van der Waals surface area contributed by atoms with Gasteiger partial charge >= 0.3 is 0 Å². The first kappa shape index (κ1) is 27.2. The molecule has 1 aliphatic heterocycles. The number of rotatable bonds is 6. The zero-order valence-electron chi connectivity index (χ0n) is 26.0. The van der Waals surface area contributed by atoms with Crippen molar-refractivity contribution >= 4 is 28.0 Å². The first-order valence-electron chi connectivity index (χ1n) is 15.8. The fourth-order valence-corrected chi connectivity index (χ4v) is 7.73. The fourth-order valence-electron chi connectivity index (χ4n) is 7.73. The van der Waals surface area contributed by atoms with Crippen molar-refractivity contribution in [1.82, 2.24) is 28.6 Å². The lowest BCUT2D eigenvalue weighted by Gasteiger charge is -2.27. The third kappa shape index (κ3) is 4.12. The van der Waals surface area contributed by atoms with Gasteiger partial charge in [0.05, 0.1) is 24.0 Å². The van der Waals surface area contributed by atoms with E-state index in [1.54, 1.807) is 24.8 Å². The highest BCUT2D eigenvalue weighted by molar-refractivity contribution is 6.00. The highest BCUT2D eigenvalue weighted by Crippen LogP contribution is 2.44. The van der Waals surface area contributed by atoms with Gasteiger partial charge in [-0.25, -0.2) is 9.97 Å². The topological polar surface area (TPSA) is 87.2 Å². The van der Waals surface area contributed by atoms with Crippen LogP contribution in [0.1, 0.15) is 48.5 Å². The molecule has 5 heterocycles. The molecule has 5 aromatic rings. The number of aryl methyl sites for hydroxylation is 3. The van der Waals surface area contributed by atoms with E-state index in [4.69, 9.17) is 14.7 Å². The smallest absolute Gasteiger partial charge is 0.254 e. The number of ether oxygens (including phenoxy) is 1. The summed E-state index contributed by atoms with van der Waals surface area (Å²) in [4.78, 5) is 38.4. The van der Waals surface area contributed by atoms with E-state index in [0.29, 0.717) is 35.1 Å². The highest BCUT2D eigenvalue weighted by Gasteiger charge is 2.46. The minimum absolute atomic E-state index is 0.0314. The molecular formula is C35H38N6O3. The van der Waals surface area contributed by atoms with Gasteiger partial charge in [-0.2, -0.15) is 0 Å². The number of fused-ring (bicyclic) bond motifs is 4. The van der Waals surface area contributed by atoms with Crippen LogP contribution in [-0.4, -0.2) is 54.2 Å². The van der Waals surface area contributed by atoms with Crippen LogP contribution in [0.25, 0.3) is 44.8 Å². The summed E-state index contributed by atoms with van der Waals surface area (Å²) in [6.45, 7) is 5.94. The number of nitrogens with zero attached hydrogens (tertiary/aromatic N) is 6. The van der Waals surface area contributed by atoms with Crippen LogP contribution in [0.15, 0.2) is 47.4 Å². The monoisotopic (exact) mass is 590 g/mol. The highest BCUT2D eigenvalue weighted by atomic mass is 16.5. The zero-order chi connectivity index (χ0) is 30.4. The van der Waals surface area contributed by atoms with Gasteiger partial charge in [-0.15, -0.1) is 0 Å². The van der Waals surface area contributed by atoms with E-state index in [1.807, 2.05) is 38.4 Å². The Balaban J connectivity index is 1.25. The number of methoxy groups -OCH3 is 1. The van der Waals surface area contributed by atoms with Crippen molar-refractivity contribution in [3.63, 3.8) is 0 Å². The third-order valence-electron chi connectivity index (χ3n) is 10.5. The molecule has 1 aromatic carbocycles. The quantitative estimate of drug-likeness (QED) is 0.259. The summed E-state index contributed by atoms with van der Waals surface area (Å²) in [6.07, 6.45) is 6.59. The first-order chi connectivity index (χ1) is 21.2. The Labute approximate surface area is 256 Å². The Hall–Kier alpha value is -4.40. The predicted molar refractivity (Wildman–Crippen MR) is 171 cm³/mol. The van der Waals surface area contributed by atoms with Crippen LogP contribution in [0.4, 0.5) is 0 Å². The summed E-state index contributed by atoms with van der Waals surface area (Å²) in [5.41, 5.74) is 6.82. The lowest BCUT2D eigenvalue weighted by Crippen LogP contribution is -2.38. The number of imidazole rings is 1. The molecule has 8 rings (SSSR count). The standard InChI is InChI=1S/C35H38N6O3/c1-19-12-31(42)38(3)18-25(19)26-10-8-22-14-29(40(33(22)36-26)16-21-6-7-21)34-37-27-13-24(15-30(44-5)32(27)39(34)4)35(43)41-17-23-9-11-28(41)20(23)2/h8,10,12-15,18,20-21,23,28H,6-7,9,11,16-17H2,1-5H3/t20-,23?,28?/m1/s1. The Morgan fingerprint density at radius 3 is 2.57 bits per heavy atom. The number of aromatic nitrogens is 5. The van der Waals surface area contributed by atoms with Gasteiger partial charge in [0.25, 0.3) is 11.5 Å². The number of pyridine rings is 2. The second-order valence-electron chi connectivity index (χ2n) is 13.3. The van der Waals surface area contributed by atoms with Crippen LogP contribution in [-0.2, 0) is 20.6 Å². The summed E-state index contributed by atoms with van der Waals surface area (Å²) in [6, 6.07) is 12.1. The summed E-state index contributed by atoms with van der Waals surface area (Å²) >= 11 is 0. The maximum Gasteiger partial charge on any atom is 0.254 e. The number of carbonyl (C=O) groups excluding carboxylic acids is 1.